The number of pyridine rings is 1. The van der Waals surface area contributed by atoms with Gasteiger partial charge in [0.2, 0.25) is 0 Å². The zero-order chi connectivity index (χ0) is 14.0. The number of hydrogen-bond donors (Lipinski definition) is 2. The summed E-state index contributed by atoms with van der Waals surface area (Å²) in [4.78, 5) is 16.0. The van der Waals surface area contributed by atoms with Gasteiger partial charge in [0.25, 0.3) is 5.91 Å². The van der Waals surface area contributed by atoms with E-state index in [1.54, 1.807) is 44.2 Å². The minimum absolute atomic E-state index is 0.205. The zero-order valence-electron chi connectivity index (χ0n) is 10.6. The predicted molar refractivity (Wildman–Crippen MR) is 74.8 cm³/mol. The standard InChI is InChI=1S/C14H13ClN2O2/c1-8-7-12(18)9(2)6-11(8)17-14(19)10-4-3-5-13(15)16-10/h3-7,18H,1-2H3,(H,17,19). The van der Waals surface area contributed by atoms with Crippen LogP contribution in [0.15, 0.2) is 30.3 Å². The smallest absolute Gasteiger partial charge is 0.274 e. The van der Waals surface area contributed by atoms with Crippen molar-refractivity contribution < 1.29 is 9.90 Å². The summed E-state index contributed by atoms with van der Waals surface area (Å²) in [5, 5.41) is 12.6. The van der Waals surface area contributed by atoms with E-state index in [1.165, 1.54) is 0 Å². The number of phenols is 1. The molecular weight excluding hydrogens is 264 g/mol. The number of amides is 1. The van der Waals surface area contributed by atoms with Gasteiger partial charge in [-0.15, -0.1) is 0 Å². The van der Waals surface area contributed by atoms with Gasteiger partial charge in [0.15, 0.2) is 0 Å². The molecule has 0 unspecified atom stereocenters. The molecule has 19 heavy (non-hydrogen) atoms. The van der Waals surface area contributed by atoms with Gasteiger partial charge in [0.1, 0.15) is 16.6 Å². The molecule has 0 fully saturated rings. The van der Waals surface area contributed by atoms with E-state index < -0.39 is 0 Å². The van der Waals surface area contributed by atoms with Gasteiger partial charge >= 0.3 is 0 Å². The number of carbonyl (C=O) groups is 1. The number of nitrogens with one attached hydrogen (secondary N) is 1. The number of phenolic OH excluding ortho intramolecular Hbond substituents is 1. The van der Waals surface area contributed by atoms with Gasteiger partial charge in [-0.25, -0.2) is 4.98 Å². The molecule has 2 aromatic rings. The molecule has 0 aliphatic carbocycles. The fourth-order valence-electron chi connectivity index (χ4n) is 1.66. The quantitative estimate of drug-likeness (QED) is 0.653. The molecule has 0 aliphatic rings. The normalized spacial score (nSPS) is 10.3. The first kappa shape index (κ1) is 13.4. The molecule has 0 aliphatic heterocycles. The summed E-state index contributed by atoms with van der Waals surface area (Å²) in [6.07, 6.45) is 0. The average molecular weight is 277 g/mol. The second-order valence-electron chi connectivity index (χ2n) is 4.25. The van der Waals surface area contributed by atoms with Gasteiger partial charge in [0, 0.05) is 5.69 Å². The van der Waals surface area contributed by atoms with Crippen LogP contribution in [0.25, 0.3) is 0 Å². The minimum atomic E-state index is -0.337. The van der Waals surface area contributed by atoms with Crippen LogP contribution in [-0.4, -0.2) is 16.0 Å². The number of rotatable bonds is 2. The number of anilines is 1. The number of aromatic hydroxyl groups is 1. The minimum Gasteiger partial charge on any atom is -0.508 e. The van der Waals surface area contributed by atoms with Crippen LogP contribution < -0.4 is 5.32 Å². The second-order valence-corrected chi connectivity index (χ2v) is 4.64. The van der Waals surface area contributed by atoms with E-state index in [0.717, 1.165) is 5.56 Å². The maximum Gasteiger partial charge on any atom is 0.274 e. The maximum absolute atomic E-state index is 12.0. The van der Waals surface area contributed by atoms with Gasteiger partial charge in [0.05, 0.1) is 0 Å². The Labute approximate surface area is 116 Å². The van der Waals surface area contributed by atoms with Crippen LogP contribution in [0.3, 0.4) is 0 Å². The summed E-state index contributed by atoms with van der Waals surface area (Å²) in [6.45, 7) is 3.57. The van der Waals surface area contributed by atoms with Crippen molar-refractivity contribution in [2.45, 2.75) is 13.8 Å². The van der Waals surface area contributed by atoms with Gasteiger partial charge in [-0.1, -0.05) is 17.7 Å². The average Bonchev–Trinajstić information content (AvgIpc) is 2.36. The van der Waals surface area contributed by atoms with Crippen molar-refractivity contribution in [3.8, 4) is 5.75 Å². The van der Waals surface area contributed by atoms with Crippen LogP contribution in [0.2, 0.25) is 5.15 Å². The van der Waals surface area contributed by atoms with Crippen LogP contribution >= 0.6 is 11.6 Å². The number of aromatic nitrogens is 1. The Balaban J connectivity index is 2.27. The number of hydrogen-bond acceptors (Lipinski definition) is 3. The highest BCUT2D eigenvalue weighted by Crippen LogP contribution is 2.25. The first-order valence-corrected chi connectivity index (χ1v) is 6.09. The second kappa shape index (κ2) is 5.28. The monoisotopic (exact) mass is 276 g/mol. The van der Waals surface area contributed by atoms with Crippen LogP contribution in [0.4, 0.5) is 5.69 Å². The lowest BCUT2D eigenvalue weighted by atomic mass is 10.1. The Morgan fingerprint density at radius 3 is 2.68 bits per heavy atom. The topological polar surface area (TPSA) is 62.2 Å². The third-order valence-electron chi connectivity index (χ3n) is 2.74. The fourth-order valence-corrected chi connectivity index (χ4v) is 1.82. The molecule has 98 valence electrons. The molecule has 0 atom stereocenters. The Hall–Kier alpha value is -2.07. The van der Waals surface area contributed by atoms with E-state index in [0.29, 0.717) is 11.3 Å². The van der Waals surface area contributed by atoms with Crippen LogP contribution in [0.1, 0.15) is 21.6 Å². The number of nitrogens with zero attached hydrogens (tertiary/aromatic N) is 1. The van der Waals surface area contributed by atoms with Crippen molar-refractivity contribution in [2.24, 2.45) is 0 Å². The van der Waals surface area contributed by atoms with Gasteiger partial charge in [-0.3, -0.25) is 4.79 Å². The Bertz CT molecular complexity index is 641. The van der Waals surface area contributed by atoms with Gasteiger partial charge < -0.3 is 10.4 Å². The van der Waals surface area contributed by atoms with Crippen molar-refractivity contribution in [1.82, 2.24) is 4.98 Å². The van der Waals surface area contributed by atoms with Crippen molar-refractivity contribution in [3.05, 3.63) is 52.3 Å². The SMILES string of the molecule is Cc1cc(NC(=O)c2cccc(Cl)n2)c(C)cc1O. The van der Waals surface area contributed by atoms with Gasteiger partial charge in [-0.2, -0.15) is 0 Å². The van der Waals surface area contributed by atoms with Gasteiger partial charge in [-0.05, 0) is 49.2 Å². The van der Waals surface area contributed by atoms with E-state index in [1.807, 2.05) is 0 Å². The summed E-state index contributed by atoms with van der Waals surface area (Å²) in [5.74, 6) is -0.132. The molecule has 1 aromatic carbocycles. The van der Waals surface area contributed by atoms with Crippen molar-refractivity contribution in [1.29, 1.82) is 0 Å². The summed E-state index contributed by atoms with van der Waals surface area (Å²) in [5.41, 5.74) is 2.36. The molecule has 2 N–H and O–H groups in total. The molecule has 4 nitrogen and oxygen atoms in total. The Kier molecular flexibility index (Phi) is 3.71. The molecule has 1 heterocycles. The molecule has 0 saturated heterocycles. The molecular formula is C14H13ClN2O2. The molecule has 0 spiro atoms. The molecule has 5 heteroatoms. The van der Waals surface area contributed by atoms with E-state index in [-0.39, 0.29) is 22.5 Å². The van der Waals surface area contributed by atoms with E-state index >= 15 is 0 Å². The van der Waals surface area contributed by atoms with E-state index in [2.05, 4.69) is 10.3 Å². The third kappa shape index (κ3) is 3.03. The molecule has 2 rings (SSSR count). The lowest BCUT2D eigenvalue weighted by molar-refractivity contribution is 0.102. The molecule has 0 bridgehead atoms. The summed E-state index contributed by atoms with van der Waals surface area (Å²) >= 11 is 5.75. The summed E-state index contributed by atoms with van der Waals surface area (Å²) < 4.78 is 0. The maximum atomic E-state index is 12.0. The molecule has 1 aromatic heterocycles. The van der Waals surface area contributed by atoms with Crippen LogP contribution in [0, 0.1) is 13.8 Å². The zero-order valence-corrected chi connectivity index (χ0v) is 11.3. The molecule has 0 radical (unpaired) electrons. The van der Waals surface area contributed by atoms with E-state index in [4.69, 9.17) is 11.6 Å². The van der Waals surface area contributed by atoms with E-state index in [9.17, 15) is 9.90 Å². The fraction of sp³-hybridized carbons (Fsp3) is 0.143. The largest absolute Gasteiger partial charge is 0.508 e. The first-order chi connectivity index (χ1) is 8.97. The summed E-state index contributed by atoms with van der Waals surface area (Å²) in [7, 11) is 0. The number of carbonyl (C=O) groups excluding carboxylic acids is 1. The predicted octanol–water partition coefficient (Wildman–Crippen LogP) is 3.31. The number of aryl methyl sites for hydroxylation is 2. The highest BCUT2D eigenvalue weighted by atomic mass is 35.5. The summed E-state index contributed by atoms with van der Waals surface area (Å²) in [6, 6.07) is 8.18. The van der Waals surface area contributed by atoms with Crippen LogP contribution in [0.5, 0.6) is 5.75 Å². The van der Waals surface area contributed by atoms with Crippen molar-refractivity contribution in [2.75, 3.05) is 5.32 Å². The van der Waals surface area contributed by atoms with Crippen molar-refractivity contribution >= 4 is 23.2 Å². The number of halogens is 1. The lowest BCUT2D eigenvalue weighted by Crippen LogP contribution is -2.14. The highest BCUT2D eigenvalue weighted by Gasteiger charge is 2.11. The highest BCUT2D eigenvalue weighted by molar-refractivity contribution is 6.29. The molecule has 1 amide bonds. The molecule has 0 saturated carbocycles. The number of benzene rings is 1. The third-order valence-corrected chi connectivity index (χ3v) is 2.95. The van der Waals surface area contributed by atoms with Crippen LogP contribution in [-0.2, 0) is 0 Å². The Morgan fingerprint density at radius 2 is 2.00 bits per heavy atom. The Morgan fingerprint density at radius 1 is 1.26 bits per heavy atom. The lowest BCUT2D eigenvalue weighted by Gasteiger charge is -2.10. The van der Waals surface area contributed by atoms with Crippen molar-refractivity contribution in [3.63, 3.8) is 0 Å². The first-order valence-electron chi connectivity index (χ1n) is 5.71.